The number of rotatable bonds is 10. The topological polar surface area (TPSA) is 47.1 Å². The van der Waals surface area contributed by atoms with Crippen LogP contribution in [0.5, 0.6) is 0 Å². The van der Waals surface area contributed by atoms with Crippen LogP contribution in [0.3, 0.4) is 0 Å². The Morgan fingerprint density at radius 1 is 0.706 bits per heavy atom. The Bertz CT molecular complexity index is 708. The summed E-state index contributed by atoms with van der Waals surface area (Å²) in [6.07, 6.45) is 4.22. The summed E-state index contributed by atoms with van der Waals surface area (Å²) in [6.45, 7) is 17.2. The van der Waals surface area contributed by atoms with Gasteiger partial charge in [-0.25, -0.2) is 0 Å². The maximum atomic E-state index is 12.8. The maximum Gasteiger partial charge on any atom is 0.226 e. The van der Waals surface area contributed by atoms with E-state index in [4.69, 9.17) is 0 Å². The molecule has 6 nitrogen and oxygen atoms in total. The molecule has 0 bridgehead atoms. The number of carbonyl (C=O) groups is 2. The summed E-state index contributed by atoms with van der Waals surface area (Å²) in [6, 6.07) is 8.97. The molecule has 6 heteroatoms. The number of likely N-dealkylation sites (tertiary alicyclic amines) is 2. The van der Waals surface area contributed by atoms with Crippen molar-refractivity contribution in [1.29, 1.82) is 0 Å². The van der Waals surface area contributed by atoms with Crippen molar-refractivity contribution < 1.29 is 9.59 Å². The molecule has 0 saturated carbocycles. The maximum absolute atomic E-state index is 12.8. The number of benzene rings is 1. The van der Waals surface area contributed by atoms with Crippen molar-refractivity contribution in [3.8, 4) is 0 Å². The van der Waals surface area contributed by atoms with E-state index in [-0.39, 0.29) is 11.8 Å². The highest BCUT2D eigenvalue weighted by Gasteiger charge is 2.29. The van der Waals surface area contributed by atoms with Crippen LogP contribution in [0.2, 0.25) is 0 Å². The number of amides is 2. The average Bonchev–Trinajstić information content (AvgIpc) is 2.87. The molecular formula is C28H46N4O2. The standard InChI is InChI=1S/C28H46N4O2/c1-5-31(6-2)27(33)25-11-9-17-29(21-25)19-23-13-15-24(16-14-23)20-30-18-10-12-26(22-30)28(34)32(7-3)8-4/h13-16,25-26H,5-12,17-22H2,1-4H3. The van der Waals surface area contributed by atoms with Crippen molar-refractivity contribution >= 4 is 11.8 Å². The van der Waals surface area contributed by atoms with E-state index >= 15 is 0 Å². The van der Waals surface area contributed by atoms with Crippen molar-refractivity contribution in [1.82, 2.24) is 19.6 Å². The first-order valence-corrected chi connectivity index (χ1v) is 13.6. The Morgan fingerprint density at radius 2 is 1.06 bits per heavy atom. The van der Waals surface area contributed by atoms with Gasteiger partial charge in [0.2, 0.25) is 11.8 Å². The lowest BCUT2D eigenvalue weighted by atomic mass is 9.95. The first kappa shape index (κ1) is 26.7. The van der Waals surface area contributed by atoms with Crippen LogP contribution in [0.4, 0.5) is 0 Å². The zero-order valence-electron chi connectivity index (χ0n) is 22.0. The highest BCUT2D eigenvalue weighted by atomic mass is 16.2. The molecule has 0 spiro atoms. The van der Waals surface area contributed by atoms with Gasteiger partial charge in [0.15, 0.2) is 0 Å². The van der Waals surface area contributed by atoms with Gasteiger partial charge in [-0.1, -0.05) is 24.3 Å². The summed E-state index contributed by atoms with van der Waals surface area (Å²) >= 11 is 0. The number of nitrogens with zero attached hydrogens (tertiary/aromatic N) is 4. The van der Waals surface area contributed by atoms with Crippen molar-refractivity contribution in [2.75, 3.05) is 52.4 Å². The molecule has 3 rings (SSSR count). The molecule has 0 radical (unpaired) electrons. The van der Waals surface area contributed by atoms with Crippen LogP contribution in [0.15, 0.2) is 24.3 Å². The van der Waals surface area contributed by atoms with Gasteiger partial charge in [-0.05, 0) is 77.6 Å². The third-order valence-electron chi connectivity index (χ3n) is 7.70. The minimum atomic E-state index is 0.138. The predicted molar refractivity (Wildman–Crippen MR) is 138 cm³/mol. The van der Waals surface area contributed by atoms with Gasteiger partial charge in [-0.15, -0.1) is 0 Å². The summed E-state index contributed by atoms with van der Waals surface area (Å²) < 4.78 is 0. The lowest BCUT2D eigenvalue weighted by Crippen LogP contribution is -2.44. The fraction of sp³-hybridized carbons (Fsp3) is 0.714. The largest absolute Gasteiger partial charge is 0.343 e. The highest BCUT2D eigenvalue weighted by Crippen LogP contribution is 2.23. The van der Waals surface area contributed by atoms with E-state index < -0.39 is 0 Å². The molecule has 2 unspecified atom stereocenters. The molecule has 1 aromatic rings. The normalized spacial score (nSPS) is 21.9. The molecule has 2 aliphatic rings. The van der Waals surface area contributed by atoms with E-state index in [1.54, 1.807) is 0 Å². The Hall–Kier alpha value is -1.92. The average molecular weight is 471 g/mol. The summed E-state index contributed by atoms with van der Waals surface area (Å²) in [5.41, 5.74) is 2.63. The summed E-state index contributed by atoms with van der Waals surface area (Å²) in [4.78, 5) is 34.4. The van der Waals surface area contributed by atoms with Gasteiger partial charge in [0.05, 0.1) is 11.8 Å². The van der Waals surface area contributed by atoms with E-state index in [2.05, 4.69) is 61.8 Å². The van der Waals surface area contributed by atoms with Crippen LogP contribution in [0.1, 0.15) is 64.5 Å². The summed E-state index contributed by atoms with van der Waals surface area (Å²) in [5, 5.41) is 0. The van der Waals surface area contributed by atoms with Crippen LogP contribution in [-0.2, 0) is 22.7 Å². The number of hydrogen-bond donors (Lipinski definition) is 0. The van der Waals surface area contributed by atoms with Gasteiger partial charge in [-0.2, -0.15) is 0 Å². The van der Waals surface area contributed by atoms with Crippen molar-refractivity contribution in [3.63, 3.8) is 0 Å². The second kappa shape index (κ2) is 13.2. The fourth-order valence-corrected chi connectivity index (χ4v) is 5.65. The van der Waals surface area contributed by atoms with E-state index in [9.17, 15) is 9.59 Å². The first-order valence-electron chi connectivity index (χ1n) is 13.6. The number of piperidine rings is 2. The van der Waals surface area contributed by atoms with Crippen LogP contribution < -0.4 is 0 Å². The number of carbonyl (C=O) groups excluding carboxylic acids is 2. The summed E-state index contributed by atoms with van der Waals surface area (Å²) in [7, 11) is 0. The second-order valence-electron chi connectivity index (χ2n) is 9.99. The molecule has 2 atom stereocenters. The van der Waals surface area contributed by atoms with Gasteiger partial charge < -0.3 is 9.80 Å². The molecule has 34 heavy (non-hydrogen) atoms. The second-order valence-corrected chi connectivity index (χ2v) is 9.99. The molecule has 2 amide bonds. The van der Waals surface area contributed by atoms with Crippen LogP contribution in [-0.4, -0.2) is 83.8 Å². The lowest BCUT2D eigenvalue weighted by molar-refractivity contribution is -0.137. The minimum absolute atomic E-state index is 0.138. The Kier molecular flexibility index (Phi) is 10.4. The van der Waals surface area contributed by atoms with Crippen molar-refractivity contribution in [2.24, 2.45) is 11.8 Å². The molecule has 190 valence electrons. The van der Waals surface area contributed by atoms with Crippen LogP contribution in [0.25, 0.3) is 0 Å². The monoisotopic (exact) mass is 470 g/mol. The van der Waals surface area contributed by atoms with Gasteiger partial charge >= 0.3 is 0 Å². The molecule has 2 fully saturated rings. The number of hydrogen-bond acceptors (Lipinski definition) is 4. The van der Waals surface area contributed by atoms with Gasteiger partial charge in [-0.3, -0.25) is 19.4 Å². The van der Waals surface area contributed by atoms with Gasteiger partial charge in [0, 0.05) is 52.4 Å². The third-order valence-corrected chi connectivity index (χ3v) is 7.70. The molecular weight excluding hydrogens is 424 g/mol. The van der Waals surface area contributed by atoms with E-state index in [1.807, 2.05) is 9.80 Å². The summed E-state index contributed by atoms with van der Waals surface area (Å²) in [5.74, 6) is 0.923. The SMILES string of the molecule is CCN(CC)C(=O)C1CCCN(Cc2ccc(CN3CCCC(C(=O)N(CC)CC)C3)cc2)C1. The van der Waals surface area contributed by atoms with Gasteiger partial charge in [0.25, 0.3) is 0 Å². The highest BCUT2D eigenvalue weighted by molar-refractivity contribution is 5.79. The molecule has 2 aliphatic heterocycles. The fourth-order valence-electron chi connectivity index (χ4n) is 5.65. The zero-order chi connectivity index (χ0) is 24.5. The lowest BCUT2D eigenvalue weighted by Gasteiger charge is -2.35. The van der Waals surface area contributed by atoms with Gasteiger partial charge in [0.1, 0.15) is 0 Å². The van der Waals surface area contributed by atoms with Crippen LogP contribution >= 0.6 is 0 Å². The Balaban J connectivity index is 1.51. The van der Waals surface area contributed by atoms with Crippen LogP contribution in [0, 0.1) is 11.8 Å². The van der Waals surface area contributed by atoms with Crippen molar-refractivity contribution in [3.05, 3.63) is 35.4 Å². The van der Waals surface area contributed by atoms with E-state index in [0.717, 1.165) is 91.1 Å². The predicted octanol–water partition coefficient (Wildman–Crippen LogP) is 3.85. The molecule has 2 heterocycles. The third kappa shape index (κ3) is 7.05. The zero-order valence-corrected chi connectivity index (χ0v) is 22.0. The molecule has 2 saturated heterocycles. The quantitative estimate of drug-likeness (QED) is 0.521. The van der Waals surface area contributed by atoms with Crippen molar-refractivity contribution in [2.45, 2.75) is 66.5 Å². The van der Waals surface area contributed by atoms with E-state index in [1.165, 1.54) is 11.1 Å². The molecule has 0 aromatic heterocycles. The molecule has 0 N–H and O–H groups in total. The Morgan fingerprint density at radius 3 is 1.38 bits per heavy atom. The Labute approximate surface area is 207 Å². The minimum Gasteiger partial charge on any atom is -0.343 e. The van der Waals surface area contributed by atoms with E-state index in [0.29, 0.717) is 11.8 Å². The molecule has 0 aliphatic carbocycles. The smallest absolute Gasteiger partial charge is 0.226 e. The first-order chi connectivity index (χ1) is 16.5. The molecule has 1 aromatic carbocycles.